The summed E-state index contributed by atoms with van der Waals surface area (Å²) in [6, 6.07) is 18.2. The van der Waals surface area contributed by atoms with Gasteiger partial charge in [0.05, 0.1) is 16.5 Å². The normalized spacial score (nSPS) is 16.8. The van der Waals surface area contributed by atoms with Crippen LogP contribution in [0.2, 0.25) is 0 Å². The van der Waals surface area contributed by atoms with E-state index in [2.05, 4.69) is 5.32 Å². The molecule has 7 heteroatoms. The highest BCUT2D eigenvalue weighted by Gasteiger charge is 2.36. The minimum absolute atomic E-state index is 0.104. The summed E-state index contributed by atoms with van der Waals surface area (Å²) in [5, 5.41) is 4.81. The van der Waals surface area contributed by atoms with E-state index in [9.17, 15) is 18.0 Å². The minimum atomic E-state index is -3.38. The van der Waals surface area contributed by atoms with Crippen LogP contribution in [0.15, 0.2) is 65.6 Å². The quantitative estimate of drug-likeness (QED) is 0.697. The van der Waals surface area contributed by atoms with Gasteiger partial charge in [0, 0.05) is 30.3 Å². The maximum Gasteiger partial charge on any atom is 0.229 e. The van der Waals surface area contributed by atoms with Gasteiger partial charge in [-0.3, -0.25) is 9.59 Å². The summed E-state index contributed by atoms with van der Waals surface area (Å²) in [4.78, 5) is 27.4. The van der Waals surface area contributed by atoms with Crippen LogP contribution in [0.25, 0.3) is 10.8 Å². The Labute approximate surface area is 175 Å². The van der Waals surface area contributed by atoms with Crippen molar-refractivity contribution < 1.29 is 18.0 Å². The number of fused-ring (bicyclic) bond motifs is 1. The molecule has 1 heterocycles. The third-order valence-corrected chi connectivity index (χ3v) is 6.56. The van der Waals surface area contributed by atoms with E-state index in [0.29, 0.717) is 5.69 Å². The molecule has 1 aliphatic heterocycles. The number of nitrogens with one attached hydrogen (secondary N) is 1. The molecule has 1 fully saturated rings. The number of amides is 2. The maximum absolute atomic E-state index is 12.9. The van der Waals surface area contributed by atoms with Crippen molar-refractivity contribution in [3.8, 4) is 0 Å². The topological polar surface area (TPSA) is 83.5 Å². The van der Waals surface area contributed by atoms with E-state index in [-0.39, 0.29) is 29.7 Å². The average molecular weight is 423 g/mol. The molecule has 0 saturated carbocycles. The first-order valence-electron chi connectivity index (χ1n) is 9.64. The van der Waals surface area contributed by atoms with Gasteiger partial charge in [0.1, 0.15) is 0 Å². The highest BCUT2D eigenvalue weighted by atomic mass is 32.2. The molecule has 0 spiro atoms. The smallest absolute Gasteiger partial charge is 0.229 e. The lowest BCUT2D eigenvalue weighted by Crippen LogP contribution is -2.28. The Morgan fingerprint density at radius 1 is 1.07 bits per heavy atom. The number of hydrogen-bond donors (Lipinski definition) is 1. The maximum atomic E-state index is 12.9. The van der Waals surface area contributed by atoms with Gasteiger partial charge >= 0.3 is 0 Å². The summed E-state index contributed by atoms with van der Waals surface area (Å²) < 4.78 is 23.6. The number of rotatable bonds is 4. The predicted octanol–water partition coefficient (Wildman–Crippen LogP) is 3.54. The van der Waals surface area contributed by atoms with Gasteiger partial charge in [0.25, 0.3) is 0 Å². The van der Waals surface area contributed by atoms with Crippen LogP contribution >= 0.6 is 0 Å². The highest BCUT2D eigenvalue weighted by molar-refractivity contribution is 7.90. The molecule has 0 aromatic heterocycles. The third kappa shape index (κ3) is 3.80. The zero-order valence-electron chi connectivity index (χ0n) is 16.8. The minimum Gasteiger partial charge on any atom is -0.325 e. The van der Waals surface area contributed by atoms with Crippen molar-refractivity contribution in [1.29, 1.82) is 0 Å². The number of aryl methyl sites for hydroxylation is 1. The summed E-state index contributed by atoms with van der Waals surface area (Å²) in [5.74, 6) is -0.911. The van der Waals surface area contributed by atoms with Crippen LogP contribution in [0.5, 0.6) is 0 Å². The molecule has 6 nitrogen and oxygen atoms in total. The molecule has 0 bridgehead atoms. The second-order valence-corrected chi connectivity index (χ2v) is 9.66. The number of anilines is 2. The molecule has 154 valence electrons. The Hall–Kier alpha value is -3.19. The van der Waals surface area contributed by atoms with Gasteiger partial charge in [0.15, 0.2) is 9.84 Å². The van der Waals surface area contributed by atoms with Gasteiger partial charge in [-0.25, -0.2) is 8.42 Å². The molecular weight excluding hydrogens is 400 g/mol. The second kappa shape index (κ2) is 7.57. The number of hydrogen-bond acceptors (Lipinski definition) is 4. The zero-order chi connectivity index (χ0) is 21.5. The lowest BCUT2D eigenvalue weighted by Gasteiger charge is -2.19. The van der Waals surface area contributed by atoms with Crippen LogP contribution < -0.4 is 10.2 Å². The monoisotopic (exact) mass is 422 g/mol. The summed E-state index contributed by atoms with van der Waals surface area (Å²) in [5.41, 5.74) is 1.99. The predicted molar refractivity (Wildman–Crippen MR) is 117 cm³/mol. The number of sulfone groups is 1. The van der Waals surface area contributed by atoms with E-state index >= 15 is 0 Å². The first-order valence-corrected chi connectivity index (χ1v) is 11.5. The van der Waals surface area contributed by atoms with Crippen molar-refractivity contribution in [2.24, 2.45) is 5.92 Å². The van der Waals surface area contributed by atoms with Gasteiger partial charge in [0.2, 0.25) is 11.8 Å². The van der Waals surface area contributed by atoms with Gasteiger partial charge in [-0.2, -0.15) is 0 Å². The standard InChI is InChI=1S/C23H22N2O4S/c1-15-10-11-18(30(2,28)29)13-20(15)24-23(27)17-12-22(26)25(14-17)21-9-5-7-16-6-3-4-8-19(16)21/h3-11,13,17H,12,14H2,1-2H3,(H,24,27). The molecule has 1 saturated heterocycles. The van der Waals surface area contributed by atoms with Crippen molar-refractivity contribution in [2.45, 2.75) is 18.2 Å². The number of benzene rings is 3. The van der Waals surface area contributed by atoms with Crippen molar-refractivity contribution in [3.63, 3.8) is 0 Å². The largest absolute Gasteiger partial charge is 0.325 e. The average Bonchev–Trinajstić information content (AvgIpc) is 3.10. The van der Waals surface area contributed by atoms with Crippen LogP contribution in [0, 0.1) is 12.8 Å². The van der Waals surface area contributed by atoms with E-state index < -0.39 is 15.8 Å². The van der Waals surface area contributed by atoms with Crippen LogP contribution in [-0.4, -0.2) is 33.0 Å². The first kappa shape index (κ1) is 20.1. The summed E-state index contributed by atoms with van der Waals surface area (Å²) in [7, 11) is -3.38. The number of carbonyl (C=O) groups is 2. The Kier molecular flexibility index (Phi) is 5.07. The van der Waals surface area contributed by atoms with Crippen LogP contribution in [0.1, 0.15) is 12.0 Å². The van der Waals surface area contributed by atoms with Crippen LogP contribution in [-0.2, 0) is 19.4 Å². The molecule has 3 aromatic carbocycles. The molecule has 4 rings (SSSR count). The zero-order valence-corrected chi connectivity index (χ0v) is 17.6. The van der Waals surface area contributed by atoms with Crippen molar-refractivity contribution in [1.82, 2.24) is 0 Å². The lowest BCUT2D eigenvalue weighted by atomic mass is 10.1. The van der Waals surface area contributed by atoms with Gasteiger partial charge < -0.3 is 10.2 Å². The van der Waals surface area contributed by atoms with Crippen LogP contribution in [0.4, 0.5) is 11.4 Å². The molecule has 1 aliphatic rings. The Balaban J connectivity index is 1.57. The summed E-state index contributed by atoms with van der Waals surface area (Å²) in [6.07, 6.45) is 1.24. The van der Waals surface area contributed by atoms with E-state index in [1.165, 1.54) is 12.1 Å². The SMILES string of the molecule is Cc1ccc(S(C)(=O)=O)cc1NC(=O)C1CC(=O)N(c2cccc3ccccc23)C1. The fourth-order valence-electron chi connectivity index (χ4n) is 3.76. The Bertz CT molecular complexity index is 1260. The molecule has 0 radical (unpaired) electrons. The highest BCUT2D eigenvalue weighted by Crippen LogP contribution is 2.32. The van der Waals surface area contributed by atoms with Crippen LogP contribution in [0.3, 0.4) is 0 Å². The molecule has 1 unspecified atom stereocenters. The number of carbonyl (C=O) groups excluding carboxylic acids is 2. The fraction of sp³-hybridized carbons (Fsp3) is 0.217. The van der Waals surface area contributed by atoms with Gasteiger partial charge in [-0.1, -0.05) is 42.5 Å². The van der Waals surface area contributed by atoms with E-state index in [0.717, 1.165) is 28.3 Å². The molecule has 0 aliphatic carbocycles. The lowest BCUT2D eigenvalue weighted by molar-refractivity contribution is -0.122. The van der Waals surface area contributed by atoms with E-state index in [1.807, 2.05) is 42.5 Å². The molecule has 1 N–H and O–H groups in total. The third-order valence-electron chi connectivity index (χ3n) is 5.45. The molecular formula is C23H22N2O4S. The van der Waals surface area contributed by atoms with Gasteiger partial charge in [-0.05, 0) is 36.1 Å². The second-order valence-electron chi connectivity index (χ2n) is 7.64. The number of nitrogens with zero attached hydrogens (tertiary/aromatic N) is 1. The van der Waals surface area contributed by atoms with Crippen molar-refractivity contribution in [3.05, 3.63) is 66.2 Å². The Morgan fingerprint density at radius 2 is 1.80 bits per heavy atom. The molecule has 1 atom stereocenters. The first-order chi connectivity index (χ1) is 14.2. The summed E-state index contributed by atoms with van der Waals surface area (Å²) >= 11 is 0. The van der Waals surface area contributed by atoms with E-state index in [1.54, 1.807) is 17.9 Å². The fourth-order valence-corrected chi connectivity index (χ4v) is 4.41. The summed E-state index contributed by atoms with van der Waals surface area (Å²) in [6.45, 7) is 2.08. The molecule has 30 heavy (non-hydrogen) atoms. The molecule has 3 aromatic rings. The van der Waals surface area contributed by atoms with E-state index in [4.69, 9.17) is 0 Å². The van der Waals surface area contributed by atoms with Gasteiger partial charge in [-0.15, -0.1) is 0 Å². The molecule has 2 amide bonds. The van der Waals surface area contributed by atoms with Crippen molar-refractivity contribution in [2.75, 3.05) is 23.0 Å². The Morgan fingerprint density at radius 3 is 2.57 bits per heavy atom. The van der Waals surface area contributed by atoms with Crippen molar-refractivity contribution >= 4 is 43.8 Å².